The summed E-state index contributed by atoms with van der Waals surface area (Å²) in [5.74, 6) is -1.07. The third-order valence-electron chi connectivity index (χ3n) is 2.76. The Labute approximate surface area is 118 Å². The monoisotopic (exact) mass is 359 g/mol. The molecule has 94 valence electrons. The highest BCUT2D eigenvalue weighted by atomic mass is 127. The van der Waals surface area contributed by atoms with Gasteiger partial charge >= 0.3 is 0 Å². The van der Waals surface area contributed by atoms with Gasteiger partial charge in [0.15, 0.2) is 0 Å². The Hall–Kier alpha value is -1.01. The minimum atomic E-state index is -0.534. The van der Waals surface area contributed by atoms with E-state index in [4.69, 9.17) is 0 Å². The van der Waals surface area contributed by atoms with Crippen molar-refractivity contribution < 1.29 is 8.78 Å². The van der Waals surface area contributed by atoms with Crippen LogP contribution in [0.4, 0.5) is 8.78 Å². The van der Waals surface area contributed by atoms with Gasteiger partial charge < -0.3 is 5.32 Å². The smallest absolute Gasteiger partial charge is 0.131 e. The summed E-state index contributed by atoms with van der Waals surface area (Å²) in [7, 11) is 1.69. The fraction of sp³-hybridized carbons (Fsp3) is 0.143. The zero-order chi connectivity index (χ0) is 13.1. The van der Waals surface area contributed by atoms with Gasteiger partial charge in [0.1, 0.15) is 11.6 Å². The second-order valence-corrected chi connectivity index (χ2v) is 5.16. The van der Waals surface area contributed by atoms with Crippen LogP contribution in [0.3, 0.4) is 0 Å². The predicted octanol–water partition coefficient (Wildman–Crippen LogP) is 3.88. The maximum absolute atomic E-state index is 13.8. The molecule has 0 aromatic heterocycles. The largest absolute Gasteiger partial charge is 0.309 e. The number of hydrogen-bond donors (Lipinski definition) is 1. The fourth-order valence-electron chi connectivity index (χ4n) is 1.95. The molecule has 2 aromatic rings. The van der Waals surface area contributed by atoms with Crippen molar-refractivity contribution in [2.45, 2.75) is 6.04 Å². The third-order valence-corrected chi connectivity index (χ3v) is 3.43. The van der Waals surface area contributed by atoms with Gasteiger partial charge in [0, 0.05) is 9.13 Å². The highest BCUT2D eigenvalue weighted by Gasteiger charge is 2.20. The first-order chi connectivity index (χ1) is 8.63. The minimum absolute atomic E-state index is 0.0574. The quantitative estimate of drug-likeness (QED) is 0.821. The lowest BCUT2D eigenvalue weighted by Crippen LogP contribution is -2.20. The Morgan fingerprint density at radius 2 is 1.67 bits per heavy atom. The Morgan fingerprint density at radius 3 is 2.22 bits per heavy atom. The molecule has 2 rings (SSSR count). The van der Waals surface area contributed by atoms with Crippen molar-refractivity contribution in [1.82, 2.24) is 5.32 Å². The van der Waals surface area contributed by atoms with Crippen LogP contribution in [0.1, 0.15) is 17.2 Å². The zero-order valence-electron chi connectivity index (χ0n) is 9.75. The molecule has 0 aliphatic heterocycles. The van der Waals surface area contributed by atoms with E-state index in [2.05, 4.69) is 27.9 Å². The molecule has 0 radical (unpaired) electrons. The second-order valence-electron chi connectivity index (χ2n) is 3.91. The van der Waals surface area contributed by atoms with Crippen molar-refractivity contribution in [2.75, 3.05) is 7.05 Å². The molecule has 1 N–H and O–H groups in total. The summed E-state index contributed by atoms with van der Waals surface area (Å²) in [6.45, 7) is 0. The molecule has 0 heterocycles. The molecule has 0 aliphatic carbocycles. The van der Waals surface area contributed by atoms with Crippen LogP contribution in [-0.4, -0.2) is 7.05 Å². The molecule has 1 nitrogen and oxygen atoms in total. The van der Waals surface area contributed by atoms with E-state index in [1.54, 1.807) is 7.05 Å². The average Bonchev–Trinajstić information content (AvgIpc) is 2.34. The van der Waals surface area contributed by atoms with Gasteiger partial charge in [0.25, 0.3) is 0 Å². The van der Waals surface area contributed by atoms with Crippen LogP contribution in [0.2, 0.25) is 0 Å². The van der Waals surface area contributed by atoms with E-state index in [1.165, 1.54) is 18.2 Å². The Balaban J connectivity index is 2.52. The highest BCUT2D eigenvalue weighted by Crippen LogP contribution is 2.27. The van der Waals surface area contributed by atoms with Crippen molar-refractivity contribution in [2.24, 2.45) is 0 Å². The first kappa shape index (κ1) is 13.4. The van der Waals surface area contributed by atoms with E-state index in [0.717, 1.165) is 9.13 Å². The van der Waals surface area contributed by atoms with Gasteiger partial charge in [-0.3, -0.25) is 0 Å². The van der Waals surface area contributed by atoms with Crippen LogP contribution < -0.4 is 5.32 Å². The van der Waals surface area contributed by atoms with Crippen LogP contribution in [0, 0.1) is 15.2 Å². The summed E-state index contributed by atoms with van der Waals surface area (Å²) in [5, 5.41) is 2.96. The maximum Gasteiger partial charge on any atom is 0.131 e. The van der Waals surface area contributed by atoms with Crippen molar-refractivity contribution in [3.05, 3.63) is 68.8 Å². The molecule has 0 fully saturated rings. The van der Waals surface area contributed by atoms with Gasteiger partial charge in [0.2, 0.25) is 0 Å². The predicted molar refractivity (Wildman–Crippen MR) is 76.4 cm³/mol. The Kier molecular flexibility index (Phi) is 4.29. The van der Waals surface area contributed by atoms with Gasteiger partial charge in [-0.2, -0.15) is 0 Å². The summed E-state index contributed by atoms with van der Waals surface area (Å²) in [4.78, 5) is 0. The maximum atomic E-state index is 13.8. The standard InChI is InChI=1S/C14H12F2IN/c1-18-14(9-4-2-5-10(17)8-9)13-11(15)6-3-7-12(13)16/h2-8,14,18H,1H3. The lowest BCUT2D eigenvalue weighted by Gasteiger charge is -2.18. The van der Waals surface area contributed by atoms with E-state index in [-0.39, 0.29) is 5.56 Å². The van der Waals surface area contributed by atoms with Crippen LogP contribution >= 0.6 is 22.6 Å². The van der Waals surface area contributed by atoms with Crippen LogP contribution in [0.15, 0.2) is 42.5 Å². The molecule has 0 saturated heterocycles. The van der Waals surface area contributed by atoms with E-state index < -0.39 is 17.7 Å². The normalized spacial score (nSPS) is 12.4. The summed E-state index contributed by atoms with van der Waals surface area (Å²) in [6, 6.07) is 11.0. The van der Waals surface area contributed by atoms with Gasteiger partial charge in [-0.1, -0.05) is 18.2 Å². The highest BCUT2D eigenvalue weighted by molar-refractivity contribution is 14.1. The molecule has 18 heavy (non-hydrogen) atoms. The molecule has 4 heteroatoms. The molecular formula is C14H12F2IN. The summed E-state index contributed by atoms with van der Waals surface area (Å²) < 4.78 is 28.6. The van der Waals surface area contributed by atoms with Crippen LogP contribution in [0.5, 0.6) is 0 Å². The lowest BCUT2D eigenvalue weighted by atomic mass is 9.98. The van der Waals surface area contributed by atoms with Crippen LogP contribution in [0.25, 0.3) is 0 Å². The molecule has 1 atom stereocenters. The molecule has 2 aromatic carbocycles. The molecular weight excluding hydrogens is 347 g/mol. The van der Waals surface area contributed by atoms with E-state index in [1.807, 2.05) is 24.3 Å². The van der Waals surface area contributed by atoms with Crippen LogP contribution in [-0.2, 0) is 0 Å². The van der Waals surface area contributed by atoms with Gasteiger partial charge in [-0.25, -0.2) is 8.78 Å². The van der Waals surface area contributed by atoms with Gasteiger partial charge in [0.05, 0.1) is 6.04 Å². The van der Waals surface area contributed by atoms with Crippen molar-refractivity contribution in [3.8, 4) is 0 Å². The average molecular weight is 359 g/mol. The molecule has 0 spiro atoms. The summed E-state index contributed by atoms with van der Waals surface area (Å²) >= 11 is 2.18. The SMILES string of the molecule is CNC(c1cccc(I)c1)c1c(F)cccc1F. The van der Waals surface area contributed by atoms with E-state index >= 15 is 0 Å². The second kappa shape index (κ2) is 5.75. The number of hydrogen-bond acceptors (Lipinski definition) is 1. The first-order valence-electron chi connectivity index (χ1n) is 5.50. The lowest BCUT2D eigenvalue weighted by molar-refractivity contribution is 0.522. The van der Waals surface area contributed by atoms with E-state index in [0.29, 0.717) is 0 Å². The zero-order valence-corrected chi connectivity index (χ0v) is 11.9. The summed E-state index contributed by atoms with van der Waals surface area (Å²) in [5.41, 5.74) is 0.899. The summed E-state index contributed by atoms with van der Waals surface area (Å²) in [6.07, 6.45) is 0. The molecule has 0 bridgehead atoms. The van der Waals surface area contributed by atoms with Crippen molar-refractivity contribution in [1.29, 1.82) is 0 Å². The molecule has 1 unspecified atom stereocenters. The topological polar surface area (TPSA) is 12.0 Å². The first-order valence-corrected chi connectivity index (χ1v) is 6.58. The number of nitrogens with one attached hydrogen (secondary N) is 1. The van der Waals surface area contributed by atoms with Gasteiger partial charge in [-0.15, -0.1) is 0 Å². The molecule has 0 amide bonds. The molecule has 0 aliphatic rings. The third kappa shape index (κ3) is 2.70. The van der Waals surface area contributed by atoms with E-state index in [9.17, 15) is 8.78 Å². The van der Waals surface area contributed by atoms with Crippen molar-refractivity contribution >= 4 is 22.6 Å². The number of benzene rings is 2. The fourth-order valence-corrected chi connectivity index (χ4v) is 2.52. The van der Waals surface area contributed by atoms with Gasteiger partial charge in [-0.05, 0) is 59.5 Å². The number of halogens is 3. The molecule has 0 saturated carbocycles. The van der Waals surface area contributed by atoms with Crippen molar-refractivity contribution in [3.63, 3.8) is 0 Å². The number of rotatable bonds is 3. The Morgan fingerprint density at radius 1 is 1.06 bits per heavy atom. The Bertz CT molecular complexity index is 537. The minimum Gasteiger partial charge on any atom is -0.309 e.